The van der Waals surface area contributed by atoms with Crippen molar-refractivity contribution in [3.63, 3.8) is 0 Å². The Balaban J connectivity index is 2.58. The molecular formula is C14H28N2O2S. The Labute approximate surface area is 119 Å². The summed E-state index contributed by atoms with van der Waals surface area (Å²) in [6, 6.07) is -0.0244. The molecule has 0 radical (unpaired) electrons. The Kier molecular flexibility index (Phi) is 7.00. The smallest absolute Gasteiger partial charge is 0.241 e. The minimum Gasteiger partial charge on any atom is -0.326 e. The SMILES string of the molecule is CCCC1NC(CC(C)C)C(=O)N1CCCS(C)=O. The number of carbonyl (C=O) groups is 1. The fraction of sp³-hybridized carbons (Fsp3) is 0.929. The van der Waals surface area contributed by atoms with Crippen molar-refractivity contribution < 1.29 is 9.00 Å². The highest BCUT2D eigenvalue weighted by Crippen LogP contribution is 2.20. The van der Waals surface area contributed by atoms with Crippen LogP contribution < -0.4 is 5.32 Å². The molecule has 19 heavy (non-hydrogen) atoms. The molecule has 0 aromatic heterocycles. The number of rotatable bonds is 8. The van der Waals surface area contributed by atoms with Gasteiger partial charge in [-0.1, -0.05) is 27.2 Å². The van der Waals surface area contributed by atoms with Crippen molar-refractivity contribution in [3.8, 4) is 0 Å². The van der Waals surface area contributed by atoms with Gasteiger partial charge in [0.05, 0.1) is 12.2 Å². The first-order valence-corrected chi connectivity index (χ1v) is 9.05. The standard InChI is InChI=1S/C14H28N2O2S/c1-5-7-13-15-12(10-11(2)3)14(17)16(13)8-6-9-19(4)18/h11-13,15H,5-10H2,1-4H3. The van der Waals surface area contributed by atoms with Crippen LogP contribution in [0.4, 0.5) is 0 Å². The summed E-state index contributed by atoms with van der Waals surface area (Å²) in [5, 5.41) is 3.46. The highest BCUT2D eigenvalue weighted by atomic mass is 32.2. The topological polar surface area (TPSA) is 49.4 Å². The lowest BCUT2D eigenvalue weighted by molar-refractivity contribution is -0.130. The molecule has 112 valence electrons. The number of hydrogen-bond acceptors (Lipinski definition) is 3. The lowest BCUT2D eigenvalue weighted by Gasteiger charge is -2.23. The molecule has 0 aromatic carbocycles. The third-order valence-corrected chi connectivity index (χ3v) is 4.31. The van der Waals surface area contributed by atoms with Crippen molar-refractivity contribution in [1.29, 1.82) is 0 Å². The highest BCUT2D eigenvalue weighted by Gasteiger charge is 2.37. The number of nitrogens with zero attached hydrogens (tertiary/aromatic N) is 1. The van der Waals surface area contributed by atoms with Crippen LogP contribution in [0.15, 0.2) is 0 Å². The van der Waals surface area contributed by atoms with E-state index in [9.17, 15) is 9.00 Å². The van der Waals surface area contributed by atoms with Gasteiger partial charge in [0.2, 0.25) is 5.91 Å². The van der Waals surface area contributed by atoms with E-state index >= 15 is 0 Å². The van der Waals surface area contributed by atoms with Gasteiger partial charge in [-0.3, -0.25) is 14.3 Å². The van der Waals surface area contributed by atoms with Crippen LogP contribution in [0.25, 0.3) is 0 Å². The number of amides is 1. The van der Waals surface area contributed by atoms with Crippen LogP contribution >= 0.6 is 0 Å². The summed E-state index contributed by atoms with van der Waals surface area (Å²) < 4.78 is 11.1. The van der Waals surface area contributed by atoms with Gasteiger partial charge in [0, 0.05) is 29.4 Å². The predicted octanol–water partition coefficient (Wildman–Crippen LogP) is 1.73. The van der Waals surface area contributed by atoms with Gasteiger partial charge in [-0.25, -0.2) is 0 Å². The second-order valence-electron chi connectivity index (χ2n) is 5.82. The molecule has 1 heterocycles. The maximum Gasteiger partial charge on any atom is 0.241 e. The number of hydrogen-bond donors (Lipinski definition) is 1. The normalized spacial score (nSPS) is 25.3. The van der Waals surface area contributed by atoms with Crippen LogP contribution in [-0.4, -0.2) is 45.8 Å². The molecule has 1 aliphatic rings. The van der Waals surface area contributed by atoms with Crippen LogP contribution in [0.1, 0.15) is 46.5 Å². The average molecular weight is 288 g/mol. The molecule has 1 rings (SSSR count). The molecule has 0 saturated carbocycles. The zero-order valence-corrected chi connectivity index (χ0v) is 13.5. The monoisotopic (exact) mass is 288 g/mol. The van der Waals surface area contributed by atoms with Crippen molar-refractivity contribution in [2.24, 2.45) is 5.92 Å². The molecule has 0 aliphatic carbocycles. The molecule has 5 heteroatoms. The lowest BCUT2D eigenvalue weighted by atomic mass is 10.0. The predicted molar refractivity (Wildman–Crippen MR) is 80.3 cm³/mol. The third kappa shape index (κ3) is 5.22. The molecule has 3 atom stereocenters. The molecule has 1 amide bonds. The van der Waals surface area contributed by atoms with Gasteiger partial charge in [-0.05, 0) is 25.2 Å². The van der Waals surface area contributed by atoms with Crippen LogP contribution in [0.5, 0.6) is 0 Å². The zero-order valence-electron chi connectivity index (χ0n) is 12.6. The molecule has 0 spiro atoms. The maximum atomic E-state index is 12.4. The van der Waals surface area contributed by atoms with Gasteiger partial charge in [0.15, 0.2) is 0 Å². The first-order valence-electron chi connectivity index (χ1n) is 7.32. The quantitative estimate of drug-likeness (QED) is 0.740. The van der Waals surface area contributed by atoms with Crippen molar-refractivity contribution in [2.75, 3.05) is 18.6 Å². The van der Waals surface area contributed by atoms with Crippen LogP contribution in [0.2, 0.25) is 0 Å². The largest absolute Gasteiger partial charge is 0.326 e. The molecule has 1 aliphatic heterocycles. The second-order valence-corrected chi connectivity index (χ2v) is 7.37. The summed E-state index contributed by atoms with van der Waals surface area (Å²) in [5.41, 5.74) is 0. The first-order chi connectivity index (χ1) is 8.95. The fourth-order valence-electron chi connectivity index (χ4n) is 2.60. The average Bonchev–Trinajstić information content (AvgIpc) is 2.57. The van der Waals surface area contributed by atoms with Gasteiger partial charge < -0.3 is 4.90 Å². The van der Waals surface area contributed by atoms with E-state index < -0.39 is 10.8 Å². The number of nitrogens with one attached hydrogen (secondary N) is 1. The molecule has 3 unspecified atom stereocenters. The Morgan fingerprint density at radius 1 is 1.42 bits per heavy atom. The fourth-order valence-corrected chi connectivity index (χ4v) is 3.14. The highest BCUT2D eigenvalue weighted by molar-refractivity contribution is 7.84. The minimum absolute atomic E-state index is 0.0244. The van der Waals surface area contributed by atoms with E-state index in [0.717, 1.165) is 32.2 Å². The van der Waals surface area contributed by atoms with E-state index in [1.165, 1.54) is 0 Å². The van der Waals surface area contributed by atoms with E-state index in [0.29, 0.717) is 11.7 Å². The van der Waals surface area contributed by atoms with Crippen molar-refractivity contribution in [3.05, 3.63) is 0 Å². The molecule has 1 fully saturated rings. The second kappa shape index (κ2) is 8.00. The maximum absolute atomic E-state index is 12.4. The van der Waals surface area contributed by atoms with Crippen molar-refractivity contribution in [2.45, 2.75) is 58.7 Å². The Hall–Kier alpha value is -0.420. The summed E-state index contributed by atoms with van der Waals surface area (Å²) in [6.07, 6.45) is 5.67. The third-order valence-electron chi connectivity index (χ3n) is 3.45. The van der Waals surface area contributed by atoms with E-state index in [-0.39, 0.29) is 18.1 Å². The lowest BCUT2D eigenvalue weighted by Crippen LogP contribution is -2.38. The van der Waals surface area contributed by atoms with Gasteiger partial charge >= 0.3 is 0 Å². The zero-order chi connectivity index (χ0) is 14.4. The van der Waals surface area contributed by atoms with E-state index in [1.807, 2.05) is 4.90 Å². The summed E-state index contributed by atoms with van der Waals surface area (Å²) in [4.78, 5) is 14.4. The molecular weight excluding hydrogens is 260 g/mol. The van der Waals surface area contributed by atoms with E-state index in [1.54, 1.807) is 6.26 Å². The molecule has 1 saturated heterocycles. The van der Waals surface area contributed by atoms with E-state index in [2.05, 4.69) is 26.1 Å². The van der Waals surface area contributed by atoms with E-state index in [4.69, 9.17) is 0 Å². The molecule has 1 N–H and O–H groups in total. The minimum atomic E-state index is -0.768. The molecule has 0 bridgehead atoms. The van der Waals surface area contributed by atoms with Crippen molar-refractivity contribution in [1.82, 2.24) is 10.2 Å². The Bertz CT molecular complexity index is 321. The van der Waals surface area contributed by atoms with Crippen molar-refractivity contribution >= 4 is 16.7 Å². The molecule has 0 aromatic rings. The van der Waals surface area contributed by atoms with Gasteiger partial charge in [0.1, 0.15) is 0 Å². The summed E-state index contributed by atoms with van der Waals surface area (Å²) in [5.74, 6) is 1.43. The van der Waals surface area contributed by atoms with Gasteiger partial charge in [-0.15, -0.1) is 0 Å². The summed E-state index contributed by atoms with van der Waals surface area (Å²) in [6.45, 7) is 7.16. The summed E-state index contributed by atoms with van der Waals surface area (Å²) >= 11 is 0. The van der Waals surface area contributed by atoms with Gasteiger partial charge in [-0.2, -0.15) is 0 Å². The number of carbonyl (C=O) groups excluding carboxylic acids is 1. The van der Waals surface area contributed by atoms with Crippen LogP contribution in [-0.2, 0) is 15.6 Å². The van der Waals surface area contributed by atoms with Gasteiger partial charge in [0.25, 0.3) is 0 Å². The molecule has 4 nitrogen and oxygen atoms in total. The Morgan fingerprint density at radius 2 is 2.11 bits per heavy atom. The first kappa shape index (κ1) is 16.6. The van der Waals surface area contributed by atoms with Crippen LogP contribution in [0.3, 0.4) is 0 Å². The van der Waals surface area contributed by atoms with Crippen LogP contribution in [0, 0.1) is 5.92 Å². The Morgan fingerprint density at radius 3 is 2.63 bits per heavy atom. The summed E-state index contributed by atoms with van der Waals surface area (Å²) in [7, 11) is -0.768.